The number of imide groups is 2. The average molecular weight is 268 g/mol. The van der Waals surface area contributed by atoms with Crippen LogP contribution in [-0.4, -0.2) is 46.5 Å². The topological polar surface area (TPSA) is 74.8 Å². The van der Waals surface area contributed by atoms with Crippen LogP contribution in [0.1, 0.15) is 34.6 Å². The summed E-state index contributed by atoms with van der Waals surface area (Å²) in [6, 6.07) is -0.693. The lowest BCUT2D eigenvalue weighted by molar-refractivity contribution is -0.144. The molecule has 6 nitrogen and oxygen atoms in total. The van der Waals surface area contributed by atoms with E-state index in [-0.39, 0.29) is 24.8 Å². The molecular weight excluding hydrogens is 248 g/mol. The Balaban J connectivity index is 2.87. The van der Waals surface area contributed by atoms with Crippen LogP contribution in [0.4, 0.5) is 4.79 Å². The fourth-order valence-electron chi connectivity index (χ4n) is 1.60. The number of rotatable bonds is 4. The summed E-state index contributed by atoms with van der Waals surface area (Å²) in [5, 5.41) is 0. The number of carbonyl (C=O) groups excluding carboxylic acids is 4. The van der Waals surface area contributed by atoms with Gasteiger partial charge in [-0.05, 0) is 5.92 Å². The predicted molar refractivity (Wildman–Crippen MR) is 68.1 cm³/mol. The molecule has 0 saturated carbocycles. The molecule has 0 N–H and O–H groups in total. The predicted octanol–water partition coefficient (Wildman–Crippen LogP) is 1.05. The number of amides is 4. The van der Waals surface area contributed by atoms with Gasteiger partial charge in [-0.3, -0.25) is 19.3 Å². The zero-order valence-electron chi connectivity index (χ0n) is 12.0. The zero-order valence-corrected chi connectivity index (χ0v) is 12.0. The third-order valence-corrected chi connectivity index (χ3v) is 2.82. The molecule has 0 unspecified atom stereocenters. The van der Waals surface area contributed by atoms with Gasteiger partial charge < -0.3 is 0 Å². The van der Waals surface area contributed by atoms with E-state index in [0.29, 0.717) is 0 Å². The summed E-state index contributed by atoms with van der Waals surface area (Å²) in [5.74, 6) is -1.95. The zero-order chi connectivity index (χ0) is 15.0. The standard InChI is InChI=1S/C13H20N2O4/c1-8(2)6-14-10(17)11(18)15(12(14)19)7-9(16)13(3,4)5/h8H,6-7H2,1-5H3. The molecule has 0 bridgehead atoms. The summed E-state index contributed by atoms with van der Waals surface area (Å²) in [6.07, 6.45) is 0. The molecule has 1 rings (SSSR count). The van der Waals surface area contributed by atoms with Gasteiger partial charge in [0.05, 0.1) is 6.54 Å². The minimum atomic E-state index is -0.914. The van der Waals surface area contributed by atoms with Gasteiger partial charge in [-0.15, -0.1) is 0 Å². The highest BCUT2D eigenvalue weighted by molar-refractivity contribution is 6.45. The van der Waals surface area contributed by atoms with E-state index in [4.69, 9.17) is 0 Å². The van der Waals surface area contributed by atoms with E-state index in [9.17, 15) is 19.2 Å². The lowest BCUT2D eigenvalue weighted by atomic mass is 9.90. The van der Waals surface area contributed by atoms with Crippen molar-refractivity contribution in [2.24, 2.45) is 11.3 Å². The number of Topliss-reactive ketones (excluding diaryl/α,β-unsaturated/α-hetero) is 1. The first kappa shape index (κ1) is 15.3. The molecule has 0 radical (unpaired) electrons. The highest BCUT2D eigenvalue weighted by Gasteiger charge is 2.45. The molecule has 1 aliphatic rings. The van der Waals surface area contributed by atoms with Crippen molar-refractivity contribution in [1.82, 2.24) is 9.80 Å². The van der Waals surface area contributed by atoms with Crippen molar-refractivity contribution in [3.05, 3.63) is 0 Å². The third kappa shape index (κ3) is 3.19. The summed E-state index contributed by atoms with van der Waals surface area (Å²) in [6.45, 7) is 8.63. The highest BCUT2D eigenvalue weighted by atomic mass is 16.2. The number of urea groups is 1. The molecule has 0 atom stereocenters. The van der Waals surface area contributed by atoms with Gasteiger partial charge in [-0.1, -0.05) is 34.6 Å². The molecule has 0 aromatic carbocycles. The molecule has 0 aromatic rings. The Labute approximate surface area is 112 Å². The van der Waals surface area contributed by atoms with Crippen LogP contribution in [-0.2, 0) is 14.4 Å². The van der Waals surface area contributed by atoms with Crippen molar-refractivity contribution in [3.8, 4) is 0 Å². The Hall–Kier alpha value is -1.72. The Morgan fingerprint density at radius 2 is 1.53 bits per heavy atom. The lowest BCUT2D eigenvalue weighted by Gasteiger charge is -2.21. The molecule has 0 aliphatic carbocycles. The molecule has 1 heterocycles. The molecule has 1 saturated heterocycles. The molecular formula is C13H20N2O4. The van der Waals surface area contributed by atoms with Crippen LogP contribution >= 0.6 is 0 Å². The Kier molecular flexibility index (Phi) is 4.12. The smallest absolute Gasteiger partial charge is 0.297 e. The van der Waals surface area contributed by atoms with Crippen molar-refractivity contribution in [1.29, 1.82) is 0 Å². The van der Waals surface area contributed by atoms with Crippen LogP contribution in [0.25, 0.3) is 0 Å². The van der Waals surface area contributed by atoms with E-state index in [1.165, 1.54) is 0 Å². The molecule has 1 fully saturated rings. The van der Waals surface area contributed by atoms with Crippen LogP contribution in [0.2, 0.25) is 0 Å². The van der Waals surface area contributed by atoms with E-state index in [1.807, 2.05) is 13.8 Å². The first-order valence-corrected chi connectivity index (χ1v) is 6.26. The van der Waals surface area contributed by atoms with Gasteiger partial charge >= 0.3 is 17.8 Å². The summed E-state index contributed by atoms with van der Waals surface area (Å²) < 4.78 is 0. The molecule has 0 spiro atoms. The molecule has 4 amide bonds. The fourth-order valence-corrected chi connectivity index (χ4v) is 1.60. The summed E-state index contributed by atoms with van der Waals surface area (Å²) in [4.78, 5) is 48.9. The largest absolute Gasteiger partial charge is 0.334 e. The SMILES string of the molecule is CC(C)CN1C(=O)C(=O)N(CC(=O)C(C)(C)C)C1=O. The van der Waals surface area contributed by atoms with Crippen LogP contribution in [0.5, 0.6) is 0 Å². The molecule has 0 aromatic heterocycles. The summed E-state index contributed by atoms with van der Waals surface area (Å²) in [7, 11) is 0. The van der Waals surface area contributed by atoms with Crippen molar-refractivity contribution >= 4 is 23.6 Å². The van der Waals surface area contributed by atoms with E-state index in [0.717, 1.165) is 9.80 Å². The normalized spacial score (nSPS) is 16.8. The van der Waals surface area contributed by atoms with Crippen molar-refractivity contribution < 1.29 is 19.2 Å². The van der Waals surface area contributed by atoms with Crippen LogP contribution in [0, 0.1) is 11.3 Å². The summed E-state index contributed by atoms with van der Waals surface area (Å²) >= 11 is 0. The van der Waals surface area contributed by atoms with E-state index in [1.54, 1.807) is 20.8 Å². The maximum absolute atomic E-state index is 12.0. The highest BCUT2D eigenvalue weighted by Crippen LogP contribution is 2.19. The molecule has 19 heavy (non-hydrogen) atoms. The van der Waals surface area contributed by atoms with Crippen LogP contribution in [0.3, 0.4) is 0 Å². The summed E-state index contributed by atoms with van der Waals surface area (Å²) in [5.41, 5.74) is -0.658. The third-order valence-electron chi connectivity index (χ3n) is 2.82. The van der Waals surface area contributed by atoms with Crippen LogP contribution < -0.4 is 0 Å². The van der Waals surface area contributed by atoms with Crippen molar-refractivity contribution in [2.45, 2.75) is 34.6 Å². The maximum Gasteiger partial charge on any atom is 0.334 e. The number of ketones is 1. The van der Waals surface area contributed by atoms with E-state index >= 15 is 0 Å². The van der Waals surface area contributed by atoms with Gasteiger partial charge in [0.2, 0.25) is 0 Å². The average Bonchev–Trinajstić information content (AvgIpc) is 2.44. The van der Waals surface area contributed by atoms with Crippen molar-refractivity contribution in [2.75, 3.05) is 13.1 Å². The Morgan fingerprint density at radius 1 is 1.05 bits per heavy atom. The van der Waals surface area contributed by atoms with Gasteiger partial charge in [0, 0.05) is 12.0 Å². The van der Waals surface area contributed by atoms with Gasteiger partial charge in [0.25, 0.3) is 0 Å². The molecule has 106 valence electrons. The molecule has 6 heteroatoms. The van der Waals surface area contributed by atoms with Crippen LogP contribution in [0.15, 0.2) is 0 Å². The first-order valence-electron chi connectivity index (χ1n) is 6.26. The Bertz CT molecular complexity index is 434. The van der Waals surface area contributed by atoms with E-state index in [2.05, 4.69) is 0 Å². The van der Waals surface area contributed by atoms with Gasteiger partial charge in [0.1, 0.15) is 0 Å². The second-order valence-electron chi connectivity index (χ2n) is 6.16. The van der Waals surface area contributed by atoms with E-state index < -0.39 is 23.3 Å². The second kappa shape index (κ2) is 5.11. The maximum atomic E-state index is 12.0. The van der Waals surface area contributed by atoms with Gasteiger partial charge in [0.15, 0.2) is 5.78 Å². The lowest BCUT2D eigenvalue weighted by Crippen LogP contribution is -2.41. The van der Waals surface area contributed by atoms with Gasteiger partial charge in [-0.25, -0.2) is 9.69 Å². The number of hydrogen-bond acceptors (Lipinski definition) is 4. The monoisotopic (exact) mass is 268 g/mol. The van der Waals surface area contributed by atoms with Crippen molar-refractivity contribution in [3.63, 3.8) is 0 Å². The quantitative estimate of drug-likeness (QED) is 0.564. The van der Waals surface area contributed by atoms with Gasteiger partial charge in [-0.2, -0.15) is 0 Å². The number of carbonyl (C=O) groups is 4. The number of hydrogen-bond donors (Lipinski definition) is 0. The first-order chi connectivity index (χ1) is 8.55. The second-order valence-corrected chi connectivity index (χ2v) is 6.16. The fraction of sp³-hybridized carbons (Fsp3) is 0.692. The minimum Gasteiger partial charge on any atom is -0.297 e. The number of nitrogens with zero attached hydrogens (tertiary/aromatic N) is 2. The Morgan fingerprint density at radius 3 is 1.95 bits per heavy atom. The minimum absolute atomic E-state index is 0.0685. The molecule has 1 aliphatic heterocycles.